The van der Waals surface area contributed by atoms with E-state index in [1.165, 1.54) is 0 Å². The average Bonchev–Trinajstić information content (AvgIpc) is 3.02. The first-order valence-electron chi connectivity index (χ1n) is 13.5. The second kappa shape index (κ2) is 14.1. The third-order valence-corrected chi connectivity index (χ3v) is 6.94. The lowest BCUT2D eigenvalue weighted by atomic mass is 9.90. The maximum absolute atomic E-state index is 13.5. The molecule has 5 rings (SSSR count). The summed E-state index contributed by atoms with van der Waals surface area (Å²) in [6.07, 6.45) is -4.56. The fourth-order valence-electron chi connectivity index (χ4n) is 4.84. The Bertz CT molecular complexity index is 1300. The van der Waals surface area contributed by atoms with Crippen molar-refractivity contribution in [1.29, 1.82) is 0 Å². The van der Waals surface area contributed by atoms with Gasteiger partial charge in [0.05, 0.1) is 26.4 Å². The molecular weight excluding hydrogens is 504 g/mol. The van der Waals surface area contributed by atoms with Crippen molar-refractivity contribution in [2.75, 3.05) is 6.61 Å². The summed E-state index contributed by atoms with van der Waals surface area (Å²) in [5, 5.41) is 11.5. The van der Waals surface area contributed by atoms with E-state index in [0.29, 0.717) is 18.8 Å². The van der Waals surface area contributed by atoms with E-state index in [0.717, 1.165) is 16.7 Å². The topological polar surface area (TPSA) is 74.2 Å². The maximum atomic E-state index is 13.5. The Hall–Kier alpha value is -3.65. The van der Waals surface area contributed by atoms with E-state index in [1.54, 1.807) is 24.3 Å². The number of Topliss-reactive ketones (excluding diaryl/α,β-unsaturated/α-hetero) is 1. The van der Waals surface area contributed by atoms with Crippen LogP contribution in [0.1, 0.15) is 27.0 Å². The molecule has 0 aromatic heterocycles. The monoisotopic (exact) mass is 538 g/mol. The minimum Gasteiger partial charge on any atom is -0.387 e. The van der Waals surface area contributed by atoms with Crippen molar-refractivity contribution >= 4 is 5.78 Å². The van der Waals surface area contributed by atoms with Crippen LogP contribution in [0.15, 0.2) is 121 Å². The molecular formula is C34H34O6. The number of aliphatic hydroxyl groups is 1. The van der Waals surface area contributed by atoms with Crippen molar-refractivity contribution in [2.45, 2.75) is 50.3 Å². The zero-order chi connectivity index (χ0) is 27.6. The Morgan fingerprint density at radius 3 is 1.60 bits per heavy atom. The summed E-state index contributed by atoms with van der Waals surface area (Å²) < 4.78 is 25.1. The van der Waals surface area contributed by atoms with E-state index in [2.05, 4.69) is 0 Å². The third kappa shape index (κ3) is 7.30. The highest BCUT2D eigenvalue weighted by atomic mass is 16.6. The van der Waals surface area contributed by atoms with Crippen molar-refractivity contribution in [3.63, 3.8) is 0 Å². The number of aliphatic hydroxyl groups excluding tert-OH is 1. The lowest BCUT2D eigenvalue weighted by molar-refractivity contribution is -0.250. The summed E-state index contributed by atoms with van der Waals surface area (Å²) in [4.78, 5) is 13.5. The van der Waals surface area contributed by atoms with Gasteiger partial charge < -0.3 is 24.1 Å². The van der Waals surface area contributed by atoms with Gasteiger partial charge in [-0.1, -0.05) is 121 Å². The van der Waals surface area contributed by atoms with E-state index in [9.17, 15) is 9.90 Å². The van der Waals surface area contributed by atoms with Crippen LogP contribution in [0.3, 0.4) is 0 Å². The summed E-state index contributed by atoms with van der Waals surface area (Å²) in [5.74, 6) is -0.309. The van der Waals surface area contributed by atoms with Crippen molar-refractivity contribution in [3.05, 3.63) is 144 Å². The number of carbonyl (C=O) groups excluding carboxylic acids is 1. The summed E-state index contributed by atoms with van der Waals surface area (Å²) in [7, 11) is 0. The van der Waals surface area contributed by atoms with Gasteiger partial charge in [0.15, 0.2) is 5.78 Å². The van der Waals surface area contributed by atoms with Crippen molar-refractivity contribution in [3.8, 4) is 0 Å². The second-order valence-corrected chi connectivity index (χ2v) is 9.84. The molecule has 1 heterocycles. The first-order chi connectivity index (χ1) is 19.7. The van der Waals surface area contributed by atoms with Gasteiger partial charge in [-0.05, 0) is 16.7 Å². The fraction of sp³-hybridized carbons (Fsp3) is 0.265. The van der Waals surface area contributed by atoms with E-state index in [1.807, 2.05) is 97.1 Å². The standard InChI is InChI=1S/C34H34O6/c35-30(28-19-11-4-12-20-28)33-31(36)34(39-23-27-17-9-3-10-18-27)32(38-22-26-15-7-2-8-16-26)29(40-33)24-37-21-25-13-5-1-6-14-25/h1-20,29,31-34,36H,21-24H2/t29-,31+,32+,33+,34-/m1/s1. The quantitative estimate of drug-likeness (QED) is 0.244. The molecule has 6 nitrogen and oxygen atoms in total. The van der Waals surface area contributed by atoms with Crippen LogP contribution in [0.2, 0.25) is 0 Å². The van der Waals surface area contributed by atoms with Gasteiger partial charge in [0.1, 0.15) is 30.5 Å². The first kappa shape index (κ1) is 27.9. The van der Waals surface area contributed by atoms with Gasteiger partial charge in [0.2, 0.25) is 0 Å². The molecule has 40 heavy (non-hydrogen) atoms. The third-order valence-electron chi connectivity index (χ3n) is 6.94. The summed E-state index contributed by atoms with van der Waals surface area (Å²) in [6, 6.07) is 38.2. The predicted octanol–water partition coefficient (Wildman–Crippen LogP) is 5.39. The number of benzene rings is 4. The Morgan fingerprint density at radius 2 is 1.07 bits per heavy atom. The van der Waals surface area contributed by atoms with Crippen LogP contribution in [0, 0.1) is 0 Å². The molecule has 0 amide bonds. The molecule has 0 aliphatic carbocycles. The molecule has 0 saturated carbocycles. The maximum Gasteiger partial charge on any atom is 0.194 e. The van der Waals surface area contributed by atoms with Crippen molar-refractivity contribution in [2.24, 2.45) is 0 Å². The van der Waals surface area contributed by atoms with Crippen LogP contribution >= 0.6 is 0 Å². The van der Waals surface area contributed by atoms with Crippen LogP contribution in [-0.2, 0) is 38.8 Å². The van der Waals surface area contributed by atoms with Crippen LogP contribution < -0.4 is 0 Å². The minimum absolute atomic E-state index is 0.158. The molecule has 1 aliphatic rings. The lowest BCUT2D eigenvalue weighted by Crippen LogP contribution is -2.62. The summed E-state index contributed by atoms with van der Waals surface area (Å²) in [5.41, 5.74) is 3.41. The Kier molecular flexibility index (Phi) is 9.85. The molecule has 206 valence electrons. The van der Waals surface area contributed by atoms with Crippen LogP contribution in [-0.4, -0.2) is 48.0 Å². The van der Waals surface area contributed by atoms with E-state index in [4.69, 9.17) is 18.9 Å². The van der Waals surface area contributed by atoms with E-state index in [-0.39, 0.29) is 19.0 Å². The highest BCUT2D eigenvalue weighted by Gasteiger charge is 2.49. The fourth-order valence-corrected chi connectivity index (χ4v) is 4.84. The lowest BCUT2D eigenvalue weighted by Gasteiger charge is -2.44. The van der Waals surface area contributed by atoms with Gasteiger partial charge in [-0.3, -0.25) is 4.79 Å². The largest absolute Gasteiger partial charge is 0.387 e. The zero-order valence-electron chi connectivity index (χ0n) is 22.3. The second-order valence-electron chi connectivity index (χ2n) is 9.84. The molecule has 6 heteroatoms. The van der Waals surface area contributed by atoms with E-state index >= 15 is 0 Å². The SMILES string of the molecule is O=C(c1ccccc1)[C@@H]1O[C@H](COCc2ccccc2)[C@H](OCc2ccccc2)[C@H](OCc2ccccc2)[C@H]1O. The van der Waals surface area contributed by atoms with Crippen molar-refractivity contribution in [1.82, 2.24) is 0 Å². The number of rotatable bonds is 12. The number of hydrogen-bond donors (Lipinski definition) is 1. The Balaban J connectivity index is 1.40. The molecule has 4 aromatic rings. The summed E-state index contributed by atoms with van der Waals surface area (Å²) in [6.45, 7) is 1.07. The zero-order valence-corrected chi connectivity index (χ0v) is 22.3. The minimum atomic E-state index is -1.25. The highest BCUT2D eigenvalue weighted by Crippen LogP contribution is 2.30. The van der Waals surface area contributed by atoms with Gasteiger partial charge in [-0.15, -0.1) is 0 Å². The number of carbonyl (C=O) groups is 1. The van der Waals surface area contributed by atoms with Crippen LogP contribution in [0.4, 0.5) is 0 Å². The van der Waals surface area contributed by atoms with E-state index < -0.39 is 30.5 Å². The van der Waals surface area contributed by atoms with Crippen LogP contribution in [0.25, 0.3) is 0 Å². The van der Waals surface area contributed by atoms with Gasteiger partial charge in [0, 0.05) is 5.56 Å². The average molecular weight is 539 g/mol. The molecule has 5 atom stereocenters. The first-order valence-corrected chi connectivity index (χ1v) is 13.5. The summed E-state index contributed by atoms with van der Waals surface area (Å²) >= 11 is 0. The molecule has 1 N–H and O–H groups in total. The normalized spacial score (nSPS) is 22.6. The highest BCUT2D eigenvalue weighted by molar-refractivity contribution is 6.00. The molecule has 0 unspecified atom stereocenters. The molecule has 1 saturated heterocycles. The Labute approximate surface area is 235 Å². The van der Waals surface area contributed by atoms with Crippen LogP contribution in [0.5, 0.6) is 0 Å². The number of ether oxygens (including phenoxy) is 4. The molecule has 1 fully saturated rings. The molecule has 4 aromatic carbocycles. The number of hydrogen-bond acceptors (Lipinski definition) is 6. The molecule has 0 radical (unpaired) electrons. The van der Waals surface area contributed by atoms with Gasteiger partial charge in [-0.2, -0.15) is 0 Å². The smallest absolute Gasteiger partial charge is 0.194 e. The number of ketones is 1. The Morgan fingerprint density at radius 1 is 0.625 bits per heavy atom. The predicted molar refractivity (Wildman–Crippen MR) is 152 cm³/mol. The van der Waals surface area contributed by atoms with Crippen molar-refractivity contribution < 1.29 is 28.8 Å². The molecule has 0 spiro atoms. The van der Waals surface area contributed by atoms with Gasteiger partial charge >= 0.3 is 0 Å². The van der Waals surface area contributed by atoms with Gasteiger partial charge in [-0.25, -0.2) is 0 Å². The molecule has 0 bridgehead atoms. The molecule has 1 aliphatic heterocycles. The van der Waals surface area contributed by atoms with Gasteiger partial charge in [0.25, 0.3) is 0 Å².